The quantitative estimate of drug-likeness (QED) is 0.0729. The SMILES string of the molecule is CCCCCCCCCCCCCCCC(=O)Nc1cccc(C2O[C@H](CN(C)C[C@@H](O)c3cccc(O)c3)C[C@H](c3ccc(CO)cc3)O2)c1. The number of carbonyl (C=O) groups excluding carboxylic acids is 1. The highest BCUT2D eigenvalue weighted by molar-refractivity contribution is 5.90. The maximum Gasteiger partial charge on any atom is 0.224 e. The summed E-state index contributed by atoms with van der Waals surface area (Å²) >= 11 is 0. The third-order valence-corrected chi connectivity index (χ3v) is 9.82. The zero-order valence-electron chi connectivity index (χ0n) is 31.0. The average molecular weight is 703 g/mol. The molecule has 3 aromatic rings. The standard InChI is InChI=1S/C43H62N2O6/c1-3-4-5-6-7-8-9-10-11-12-13-14-15-22-42(49)44-37-20-16-19-36(27-37)43-50-39(29-41(51-43)34-25-23-33(32-46)24-26-34)30-45(2)31-40(48)35-18-17-21-38(47)28-35/h16-21,23-28,39-41,43,46-48H,3-15,22,29-32H2,1-2H3,(H,44,49)/t39-,40+,41+,43?/m0/s1. The Balaban J connectivity index is 1.27. The average Bonchev–Trinajstić information content (AvgIpc) is 3.13. The number of unbranched alkanes of at least 4 members (excludes halogenated alkanes) is 12. The number of aliphatic hydroxyl groups is 2. The minimum absolute atomic E-state index is 0.0207. The van der Waals surface area contributed by atoms with E-state index in [4.69, 9.17) is 9.47 Å². The summed E-state index contributed by atoms with van der Waals surface area (Å²) in [5, 5.41) is 33.3. The number of hydrogen-bond donors (Lipinski definition) is 4. The minimum atomic E-state index is -0.764. The topological polar surface area (TPSA) is 111 Å². The predicted octanol–water partition coefficient (Wildman–Crippen LogP) is 9.52. The van der Waals surface area contributed by atoms with Gasteiger partial charge in [-0.3, -0.25) is 4.79 Å². The van der Waals surface area contributed by atoms with E-state index < -0.39 is 12.4 Å². The molecule has 280 valence electrons. The van der Waals surface area contributed by atoms with Crippen LogP contribution in [0.3, 0.4) is 0 Å². The third kappa shape index (κ3) is 14.7. The third-order valence-electron chi connectivity index (χ3n) is 9.82. The van der Waals surface area contributed by atoms with E-state index in [2.05, 4.69) is 12.2 Å². The Hall–Kier alpha value is -3.27. The number of nitrogens with one attached hydrogen (secondary N) is 1. The van der Waals surface area contributed by atoms with Crippen LogP contribution in [0.4, 0.5) is 5.69 Å². The Labute approximate surface area is 306 Å². The van der Waals surface area contributed by atoms with E-state index in [1.54, 1.807) is 24.3 Å². The lowest BCUT2D eigenvalue weighted by atomic mass is 9.99. The lowest BCUT2D eigenvalue weighted by Gasteiger charge is -2.38. The first-order chi connectivity index (χ1) is 24.8. The Kier molecular flexibility index (Phi) is 18.0. The minimum Gasteiger partial charge on any atom is -0.508 e. The van der Waals surface area contributed by atoms with Crippen LogP contribution in [0.15, 0.2) is 72.8 Å². The zero-order chi connectivity index (χ0) is 36.3. The number of nitrogens with zero attached hydrogens (tertiary/aromatic N) is 1. The molecule has 1 fully saturated rings. The molecule has 1 unspecified atom stereocenters. The molecule has 4 rings (SSSR count). The molecular weight excluding hydrogens is 640 g/mol. The zero-order valence-corrected chi connectivity index (χ0v) is 31.0. The molecular formula is C43H62N2O6. The van der Waals surface area contributed by atoms with Crippen LogP contribution in [-0.4, -0.2) is 52.4 Å². The van der Waals surface area contributed by atoms with Gasteiger partial charge in [-0.25, -0.2) is 0 Å². The number of phenolic OH excluding ortho intramolecular Hbond substituents is 1. The number of likely N-dealkylation sites (N-methyl/N-ethyl adjacent to an activating group) is 1. The van der Waals surface area contributed by atoms with Crippen molar-refractivity contribution in [2.45, 2.75) is 134 Å². The van der Waals surface area contributed by atoms with Crippen molar-refractivity contribution in [3.05, 3.63) is 95.1 Å². The number of benzene rings is 3. The highest BCUT2D eigenvalue weighted by Crippen LogP contribution is 2.39. The van der Waals surface area contributed by atoms with E-state index in [1.165, 1.54) is 70.6 Å². The molecule has 1 aliphatic heterocycles. The van der Waals surface area contributed by atoms with E-state index in [0.29, 0.717) is 31.5 Å². The van der Waals surface area contributed by atoms with Crippen LogP contribution in [0, 0.1) is 0 Å². The summed E-state index contributed by atoms with van der Waals surface area (Å²) in [6, 6.07) is 22.2. The van der Waals surface area contributed by atoms with Crippen molar-refractivity contribution in [3.8, 4) is 5.75 Å². The second-order valence-electron chi connectivity index (χ2n) is 14.3. The number of phenols is 1. The van der Waals surface area contributed by atoms with Crippen molar-refractivity contribution >= 4 is 11.6 Å². The first-order valence-electron chi connectivity index (χ1n) is 19.4. The van der Waals surface area contributed by atoms with Crippen molar-refractivity contribution in [2.75, 3.05) is 25.5 Å². The molecule has 0 radical (unpaired) electrons. The lowest BCUT2D eigenvalue weighted by molar-refractivity contribution is -0.252. The number of anilines is 1. The van der Waals surface area contributed by atoms with Crippen molar-refractivity contribution in [1.29, 1.82) is 0 Å². The number of ether oxygens (including phenoxy) is 2. The fourth-order valence-corrected chi connectivity index (χ4v) is 6.88. The molecule has 8 nitrogen and oxygen atoms in total. The van der Waals surface area contributed by atoms with Gasteiger partial charge in [0.15, 0.2) is 6.29 Å². The van der Waals surface area contributed by atoms with E-state index in [0.717, 1.165) is 35.2 Å². The molecule has 0 spiro atoms. The summed E-state index contributed by atoms with van der Waals surface area (Å²) in [6.07, 6.45) is 15.8. The van der Waals surface area contributed by atoms with Crippen LogP contribution in [-0.2, 0) is 20.9 Å². The second kappa shape index (κ2) is 22.6. The van der Waals surface area contributed by atoms with Gasteiger partial charge in [0, 0.05) is 37.2 Å². The van der Waals surface area contributed by atoms with Gasteiger partial charge in [-0.05, 0) is 54.4 Å². The van der Waals surface area contributed by atoms with Crippen molar-refractivity contribution in [2.24, 2.45) is 0 Å². The van der Waals surface area contributed by atoms with Crippen molar-refractivity contribution in [1.82, 2.24) is 4.90 Å². The van der Waals surface area contributed by atoms with E-state index in [-0.39, 0.29) is 30.5 Å². The Morgan fingerprint density at radius 1 is 0.824 bits per heavy atom. The molecule has 0 saturated carbocycles. The molecule has 0 aromatic heterocycles. The monoisotopic (exact) mass is 702 g/mol. The van der Waals surface area contributed by atoms with Gasteiger partial charge >= 0.3 is 0 Å². The normalized spacial score (nSPS) is 18.2. The Morgan fingerprint density at radius 2 is 1.47 bits per heavy atom. The van der Waals surface area contributed by atoms with Gasteiger partial charge in [0.25, 0.3) is 0 Å². The summed E-state index contributed by atoms with van der Waals surface area (Å²) in [7, 11) is 1.94. The predicted molar refractivity (Wildman–Crippen MR) is 204 cm³/mol. The number of amides is 1. The second-order valence-corrected chi connectivity index (χ2v) is 14.3. The van der Waals surface area contributed by atoms with E-state index in [9.17, 15) is 20.1 Å². The summed E-state index contributed by atoms with van der Waals surface area (Å²) in [5.74, 6) is 0.144. The molecule has 1 saturated heterocycles. The molecule has 51 heavy (non-hydrogen) atoms. The molecule has 8 heteroatoms. The summed E-state index contributed by atoms with van der Waals surface area (Å²) in [4.78, 5) is 14.9. The molecule has 3 aromatic carbocycles. The van der Waals surface area contributed by atoms with Crippen LogP contribution in [0.2, 0.25) is 0 Å². The van der Waals surface area contributed by atoms with Gasteiger partial charge in [0.05, 0.1) is 24.9 Å². The maximum atomic E-state index is 12.8. The summed E-state index contributed by atoms with van der Waals surface area (Å²) in [6.45, 7) is 3.16. The molecule has 0 bridgehead atoms. The molecule has 1 heterocycles. The number of aliphatic hydroxyl groups excluding tert-OH is 2. The molecule has 1 aliphatic rings. The number of rotatable bonds is 23. The Bertz CT molecular complexity index is 1420. The lowest BCUT2D eigenvalue weighted by Crippen LogP contribution is -2.39. The van der Waals surface area contributed by atoms with Crippen LogP contribution in [0.5, 0.6) is 5.75 Å². The highest BCUT2D eigenvalue weighted by Gasteiger charge is 2.33. The van der Waals surface area contributed by atoms with Gasteiger partial charge < -0.3 is 35.0 Å². The summed E-state index contributed by atoms with van der Waals surface area (Å²) < 4.78 is 13.0. The van der Waals surface area contributed by atoms with E-state index >= 15 is 0 Å². The van der Waals surface area contributed by atoms with Gasteiger partial charge in [-0.15, -0.1) is 0 Å². The maximum absolute atomic E-state index is 12.8. The number of aromatic hydroxyl groups is 1. The highest BCUT2D eigenvalue weighted by atomic mass is 16.7. The number of hydrogen-bond acceptors (Lipinski definition) is 7. The van der Waals surface area contributed by atoms with Crippen molar-refractivity contribution in [3.63, 3.8) is 0 Å². The van der Waals surface area contributed by atoms with Crippen LogP contribution >= 0.6 is 0 Å². The fraction of sp³-hybridized carbons (Fsp3) is 0.558. The molecule has 4 N–H and O–H groups in total. The molecule has 1 amide bonds. The summed E-state index contributed by atoms with van der Waals surface area (Å²) in [5.41, 5.74) is 4.02. The van der Waals surface area contributed by atoms with Crippen LogP contribution in [0.25, 0.3) is 0 Å². The van der Waals surface area contributed by atoms with Crippen molar-refractivity contribution < 1.29 is 29.6 Å². The molecule has 4 atom stereocenters. The first-order valence-corrected chi connectivity index (χ1v) is 19.4. The smallest absolute Gasteiger partial charge is 0.224 e. The Morgan fingerprint density at radius 3 is 2.12 bits per heavy atom. The van der Waals surface area contributed by atoms with Gasteiger partial charge in [0.1, 0.15) is 5.75 Å². The van der Waals surface area contributed by atoms with Gasteiger partial charge in [-0.2, -0.15) is 0 Å². The van der Waals surface area contributed by atoms with Crippen LogP contribution in [0.1, 0.15) is 144 Å². The largest absolute Gasteiger partial charge is 0.508 e. The van der Waals surface area contributed by atoms with Gasteiger partial charge in [-0.1, -0.05) is 133 Å². The van der Waals surface area contributed by atoms with Gasteiger partial charge in [0.2, 0.25) is 5.91 Å². The first kappa shape index (κ1) is 40.5. The fourth-order valence-electron chi connectivity index (χ4n) is 6.88. The number of carbonyl (C=O) groups is 1. The molecule has 0 aliphatic carbocycles. The van der Waals surface area contributed by atoms with Crippen LogP contribution < -0.4 is 5.32 Å². The van der Waals surface area contributed by atoms with E-state index in [1.807, 2.05) is 60.5 Å².